The van der Waals surface area contributed by atoms with Gasteiger partial charge in [0.25, 0.3) is 5.56 Å². The average Bonchev–Trinajstić information content (AvgIpc) is 2.78. The summed E-state index contributed by atoms with van der Waals surface area (Å²) in [4.78, 5) is 17.7. The first-order valence-electron chi connectivity index (χ1n) is 5.52. The van der Waals surface area contributed by atoms with Crippen LogP contribution in [0, 0.1) is 0 Å². The smallest absolute Gasteiger partial charge is 0.261 e. The zero-order chi connectivity index (χ0) is 13.4. The van der Waals surface area contributed by atoms with Crippen LogP contribution in [-0.2, 0) is 6.54 Å². The molecular formula is C13H8BrClN2OS. The van der Waals surface area contributed by atoms with Gasteiger partial charge in [-0.2, -0.15) is 0 Å². The minimum Gasteiger partial charge on any atom is -0.293 e. The molecule has 1 aromatic carbocycles. The third-order valence-electron chi connectivity index (χ3n) is 2.74. The zero-order valence-electron chi connectivity index (χ0n) is 9.64. The van der Waals surface area contributed by atoms with Gasteiger partial charge in [-0.1, -0.05) is 27.5 Å². The lowest BCUT2D eigenvalue weighted by Crippen LogP contribution is -2.20. The van der Waals surface area contributed by atoms with Gasteiger partial charge in [-0.05, 0) is 30.3 Å². The molecule has 19 heavy (non-hydrogen) atoms. The Morgan fingerprint density at radius 2 is 2.16 bits per heavy atom. The number of rotatable bonds is 2. The highest BCUT2D eigenvalue weighted by molar-refractivity contribution is 9.10. The molecule has 2 aromatic heterocycles. The van der Waals surface area contributed by atoms with E-state index < -0.39 is 0 Å². The van der Waals surface area contributed by atoms with Gasteiger partial charge in [-0.25, -0.2) is 4.98 Å². The molecule has 0 radical (unpaired) electrons. The van der Waals surface area contributed by atoms with Crippen LogP contribution in [0.3, 0.4) is 0 Å². The van der Waals surface area contributed by atoms with Gasteiger partial charge in [0.05, 0.1) is 28.1 Å². The number of hydrogen-bond acceptors (Lipinski definition) is 3. The second kappa shape index (κ2) is 5.07. The minimum absolute atomic E-state index is 0.0398. The summed E-state index contributed by atoms with van der Waals surface area (Å²) in [5, 5.41) is 0.619. The van der Waals surface area contributed by atoms with Crippen molar-refractivity contribution >= 4 is 49.8 Å². The van der Waals surface area contributed by atoms with Crippen molar-refractivity contribution in [3.8, 4) is 0 Å². The molecule has 0 aliphatic rings. The highest BCUT2D eigenvalue weighted by atomic mass is 79.9. The molecule has 0 fully saturated rings. The van der Waals surface area contributed by atoms with Crippen molar-refractivity contribution in [2.45, 2.75) is 6.54 Å². The van der Waals surface area contributed by atoms with E-state index in [0.29, 0.717) is 17.4 Å². The van der Waals surface area contributed by atoms with Crippen molar-refractivity contribution in [2.75, 3.05) is 0 Å². The summed E-state index contributed by atoms with van der Waals surface area (Å²) < 4.78 is 3.23. The van der Waals surface area contributed by atoms with Crippen LogP contribution < -0.4 is 5.56 Å². The molecule has 6 heteroatoms. The molecule has 0 aliphatic carbocycles. The fraction of sp³-hybridized carbons (Fsp3) is 0.0769. The van der Waals surface area contributed by atoms with Gasteiger partial charge in [0, 0.05) is 9.35 Å². The number of benzene rings is 1. The quantitative estimate of drug-likeness (QED) is 0.698. The van der Waals surface area contributed by atoms with Crippen molar-refractivity contribution in [1.29, 1.82) is 0 Å². The summed E-state index contributed by atoms with van der Waals surface area (Å²) in [5.41, 5.74) is 0.654. The normalized spacial score (nSPS) is 11.1. The summed E-state index contributed by atoms with van der Waals surface area (Å²) in [5.74, 6) is 0. The molecule has 0 spiro atoms. The van der Waals surface area contributed by atoms with E-state index in [9.17, 15) is 4.79 Å². The maximum absolute atomic E-state index is 12.3. The Hall–Kier alpha value is -1.17. The van der Waals surface area contributed by atoms with E-state index in [1.807, 2.05) is 24.3 Å². The molecule has 3 nitrogen and oxygen atoms in total. The lowest BCUT2D eigenvalue weighted by molar-refractivity contribution is 0.758. The second-order valence-electron chi connectivity index (χ2n) is 4.04. The van der Waals surface area contributed by atoms with Crippen LogP contribution in [0.4, 0.5) is 0 Å². The summed E-state index contributed by atoms with van der Waals surface area (Å²) in [6.45, 7) is 0.495. The SMILES string of the molecule is O=c1c2ccc(Br)cc2ncn1Cc1ccc(Cl)s1. The molecule has 0 bridgehead atoms. The average molecular weight is 356 g/mol. The highest BCUT2D eigenvalue weighted by Gasteiger charge is 2.06. The zero-order valence-corrected chi connectivity index (χ0v) is 12.8. The van der Waals surface area contributed by atoms with E-state index in [-0.39, 0.29) is 5.56 Å². The minimum atomic E-state index is -0.0398. The van der Waals surface area contributed by atoms with Gasteiger partial charge in [-0.3, -0.25) is 9.36 Å². The predicted octanol–water partition coefficient (Wildman–Crippen LogP) is 3.92. The predicted molar refractivity (Wildman–Crippen MR) is 82.1 cm³/mol. The largest absolute Gasteiger partial charge is 0.293 e. The summed E-state index contributed by atoms with van der Waals surface area (Å²) >= 11 is 10.7. The Morgan fingerprint density at radius 3 is 2.89 bits per heavy atom. The third kappa shape index (κ3) is 2.59. The van der Waals surface area contributed by atoms with Crippen molar-refractivity contribution in [1.82, 2.24) is 9.55 Å². The molecule has 0 saturated heterocycles. The number of aromatic nitrogens is 2. The van der Waals surface area contributed by atoms with E-state index in [2.05, 4.69) is 20.9 Å². The second-order valence-corrected chi connectivity index (χ2v) is 6.76. The van der Waals surface area contributed by atoms with Gasteiger partial charge < -0.3 is 0 Å². The van der Waals surface area contributed by atoms with Crippen LogP contribution in [0.25, 0.3) is 10.9 Å². The molecule has 0 saturated carbocycles. The molecule has 0 aliphatic heterocycles. The Labute approximate surface area is 126 Å². The fourth-order valence-corrected chi connectivity index (χ4v) is 3.28. The van der Waals surface area contributed by atoms with Gasteiger partial charge in [0.1, 0.15) is 0 Å². The molecule has 2 heterocycles. The van der Waals surface area contributed by atoms with Crippen LogP contribution in [0.15, 0.2) is 45.9 Å². The maximum Gasteiger partial charge on any atom is 0.261 e. The van der Waals surface area contributed by atoms with Crippen LogP contribution >= 0.6 is 38.9 Å². The molecule has 96 valence electrons. The number of halogens is 2. The number of fused-ring (bicyclic) bond motifs is 1. The lowest BCUT2D eigenvalue weighted by atomic mass is 10.2. The van der Waals surface area contributed by atoms with Crippen LogP contribution in [0.2, 0.25) is 4.34 Å². The molecule has 3 rings (SSSR count). The van der Waals surface area contributed by atoms with Crippen LogP contribution in [-0.4, -0.2) is 9.55 Å². The van der Waals surface area contributed by atoms with E-state index in [1.165, 1.54) is 11.3 Å². The van der Waals surface area contributed by atoms with E-state index in [4.69, 9.17) is 11.6 Å². The Morgan fingerprint density at radius 1 is 1.32 bits per heavy atom. The van der Waals surface area contributed by atoms with E-state index in [0.717, 1.165) is 13.7 Å². The van der Waals surface area contributed by atoms with Crippen molar-refractivity contribution in [2.24, 2.45) is 0 Å². The standard InChI is InChI=1S/C13H8BrClN2OS/c14-8-1-3-10-11(5-8)16-7-17(13(10)18)6-9-2-4-12(15)19-9/h1-5,7H,6H2. The third-order valence-corrected chi connectivity index (χ3v) is 4.45. The van der Waals surface area contributed by atoms with Crippen LogP contribution in [0.1, 0.15) is 4.88 Å². The molecule has 0 amide bonds. The maximum atomic E-state index is 12.3. The van der Waals surface area contributed by atoms with Crippen LogP contribution in [0.5, 0.6) is 0 Å². The van der Waals surface area contributed by atoms with Crippen molar-refractivity contribution in [3.63, 3.8) is 0 Å². The van der Waals surface area contributed by atoms with E-state index in [1.54, 1.807) is 17.0 Å². The number of nitrogens with zero attached hydrogens (tertiary/aromatic N) is 2. The topological polar surface area (TPSA) is 34.9 Å². The summed E-state index contributed by atoms with van der Waals surface area (Å²) in [6.07, 6.45) is 1.57. The van der Waals surface area contributed by atoms with Gasteiger partial charge >= 0.3 is 0 Å². The Balaban J connectivity index is 2.08. The fourth-order valence-electron chi connectivity index (χ4n) is 1.85. The summed E-state index contributed by atoms with van der Waals surface area (Å²) in [6, 6.07) is 9.22. The first-order valence-corrected chi connectivity index (χ1v) is 7.51. The number of thiophene rings is 1. The number of hydrogen-bond donors (Lipinski definition) is 0. The molecule has 0 atom stereocenters. The van der Waals surface area contributed by atoms with Gasteiger partial charge in [0.2, 0.25) is 0 Å². The Kier molecular flexibility index (Phi) is 3.43. The first kappa shape index (κ1) is 12.8. The monoisotopic (exact) mass is 354 g/mol. The first-order chi connectivity index (χ1) is 9.13. The molecular weight excluding hydrogens is 348 g/mol. The molecule has 0 N–H and O–H groups in total. The molecule has 0 unspecified atom stereocenters. The van der Waals surface area contributed by atoms with Crippen molar-refractivity contribution in [3.05, 3.63) is 60.7 Å². The summed E-state index contributed by atoms with van der Waals surface area (Å²) in [7, 11) is 0. The Bertz CT molecular complexity index is 812. The van der Waals surface area contributed by atoms with Gasteiger partial charge in [-0.15, -0.1) is 11.3 Å². The van der Waals surface area contributed by atoms with Gasteiger partial charge in [0.15, 0.2) is 0 Å². The lowest BCUT2D eigenvalue weighted by Gasteiger charge is -2.05. The molecule has 3 aromatic rings. The van der Waals surface area contributed by atoms with E-state index >= 15 is 0 Å². The van der Waals surface area contributed by atoms with Crippen molar-refractivity contribution < 1.29 is 0 Å². The highest BCUT2D eigenvalue weighted by Crippen LogP contribution is 2.22.